The van der Waals surface area contributed by atoms with Crippen molar-refractivity contribution < 1.29 is 15.3 Å². The molecule has 1 aromatic heterocycles. The standard InChI is InChI=1S/C22H28O3S/c1-5-18(22(25)20-7-6-10-26-20)19(23)9-8-14(2)11-17-12-15(3)21(24)16(4)13-17/h5-7,10-13,18-19,22-25H,1,8-9H2,2-4H3/b14-11+/t18-,19-,22+/m1/s1. The highest BCUT2D eigenvalue weighted by molar-refractivity contribution is 7.10. The Kier molecular flexibility index (Phi) is 7.21. The van der Waals surface area contributed by atoms with Gasteiger partial charge in [-0.15, -0.1) is 17.9 Å². The average Bonchev–Trinajstić information content (AvgIpc) is 3.13. The first-order valence-corrected chi connectivity index (χ1v) is 9.71. The number of benzene rings is 1. The van der Waals surface area contributed by atoms with Gasteiger partial charge in [0.2, 0.25) is 0 Å². The Hall–Kier alpha value is -1.88. The van der Waals surface area contributed by atoms with E-state index in [2.05, 4.69) is 12.7 Å². The van der Waals surface area contributed by atoms with E-state index in [1.54, 1.807) is 6.08 Å². The minimum Gasteiger partial charge on any atom is -0.507 e. The first-order chi connectivity index (χ1) is 12.3. The van der Waals surface area contributed by atoms with Crippen LogP contribution in [0.3, 0.4) is 0 Å². The fourth-order valence-electron chi connectivity index (χ4n) is 3.14. The van der Waals surface area contributed by atoms with E-state index in [1.807, 2.05) is 50.4 Å². The fourth-order valence-corrected chi connectivity index (χ4v) is 3.91. The van der Waals surface area contributed by atoms with Gasteiger partial charge < -0.3 is 15.3 Å². The van der Waals surface area contributed by atoms with Crippen molar-refractivity contribution in [2.45, 2.75) is 45.8 Å². The number of aryl methyl sites for hydroxylation is 2. The predicted molar refractivity (Wildman–Crippen MR) is 109 cm³/mol. The molecule has 4 heteroatoms. The molecule has 26 heavy (non-hydrogen) atoms. The molecular weight excluding hydrogens is 344 g/mol. The van der Waals surface area contributed by atoms with Gasteiger partial charge in [0.05, 0.1) is 12.2 Å². The van der Waals surface area contributed by atoms with Crippen LogP contribution in [0.25, 0.3) is 6.08 Å². The van der Waals surface area contributed by atoms with Gasteiger partial charge in [0.15, 0.2) is 0 Å². The Morgan fingerprint density at radius 3 is 2.42 bits per heavy atom. The molecule has 2 aromatic rings. The van der Waals surface area contributed by atoms with Crippen LogP contribution in [0.2, 0.25) is 0 Å². The van der Waals surface area contributed by atoms with E-state index in [9.17, 15) is 15.3 Å². The van der Waals surface area contributed by atoms with Crippen LogP contribution >= 0.6 is 11.3 Å². The van der Waals surface area contributed by atoms with Crippen LogP contribution in [0.4, 0.5) is 0 Å². The quantitative estimate of drug-likeness (QED) is 0.562. The molecule has 0 radical (unpaired) electrons. The molecular formula is C22H28O3S. The van der Waals surface area contributed by atoms with Crippen molar-refractivity contribution >= 4 is 17.4 Å². The Morgan fingerprint density at radius 2 is 1.88 bits per heavy atom. The average molecular weight is 373 g/mol. The third kappa shape index (κ3) is 5.07. The highest BCUT2D eigenvalue weighted by Crippen LogP contribution is 2.31. The van der Waals surface area contributed by atoms with Gasteiger partial charge in [0.25, 0.3) is 0 Å². The molecule has 1 heterocycles. The molecule has 3 N–H and O–H groups in total. The van der Waals surface area contributed by atoms with Crippen LogP contribution in [0.15, 0.2) is 47.9 Å². The van der Waals surface area contributed by atoms with Crippen molar-refractivity contribution in [3.8, 4) is 5.75 Å². The van der Waals surface area contributed by atoms with E-state index in [0.717, 1.165) is 33.6 Å². The predicted octanol–water partition coefficient (Wildman–Crippen LogP) is 5.15. The van der Waals surface area contributed by atoms with Gasteiger partial charge in [-0.05, 0) is 73.9 Å². The molecule has 1 aromatic carbocycles. The van der Waals surface area contributed by atoms with E-state index in [1.165, 1.54) is 11.3 Å². The summed E-state index contributed by atoms with van der Waals surface area (Å²) in [6, 6.07) is 7.67. The number of phenolic OH excluding ortho intramolecular Hbond substituents is 1. The maximum atomic E-state index is 10.5. The number of phenols is 1. The first kappa shape index (κ1) is 20.4. The molecule has 0 unspecified atom stereocenters. The lowest BCUT2D eigenvalue weighted by molar-refractivity contribution is 0.0337. The second-order valence-corrected chi connectivity index (χ2v) is 7.85. The van der Waals surface area contributed by atoms with Crippen LogP contribution in [-0.2, 0) is 0 Å². The molecule has 0 fully saturated rings. The van der Waals surface area contributed by atoms with Gasteiger partial charge in [-0.1, -0.05) is 23.8 Å². The minimum atomic E-state index is -0.728. The van der Waals surface area contributed by atoms with Crippen LogP contribution < -0.4 is 0 Å². The lowest BCUT2D eigenvalue weighted by atomic mass is 9.90. The number of allylic oxidation sites excluding steroid dienone is 1. The van der Waals surface area contributed by atoms with Crippen molar-refractivity contribution in [1.29, 1.82) is 0 Å². The molecule has 0 aliphatic carbocycles. The van der Waals surface area contributed by atoms with Gasteiger partial charge in [-0.25, -0.2) is 0 Å². The summed E-state index contributed by atoms with van der Waals surface area (Å²) >= 11 is 1.48. The number of aromatic hydroxyl groups is 1. The lowest BCUT2D eigenvalue weighted by Crippen LogP contribution is -2.24. The summed E-state index contributed by atoms with van der Waals surface area (Å²) in [5.74, 6) is -0.0498. The summed E-state index contributed by atoms with van der Waals surface area (Å²) in [5, 5.41) is 32.8. The number of hydrogen-bond acceptors (Lipinski definition) is 4. The maximum Gasteiger partial charge on any atom is 0.121 e. The van der Waals surface area contributed by atoms with Crippen LogP contribution in [0.5, 0.6) is 5.75 Å². The van der Waals surface area contributed by atoms with Crippen molar-refractivity contribution in [3.05, 3.63) is 69.4 Å². The van der Waals surface area contributed by atoms with Crippen molar-refractivity contribution in [2.24, 2.45) is 5.92 Å². The molecule has 3 nitrogen and oxygen atoms in total. The van der Waals surface area contributed by atoms with E-state index < -0.39 is 12.2 Å². The third-order valence-electron chi connectivity index (χ3n) is 4.68. The molecule has 0 saturated heterocycles. The van der Waals surface area contributed by atoms with E-state index in [4.69, 9.17) is 0 Å². The monoisotopic (exact) mass is 372 g/mol. The molecule has 140 valence electrons. The molecule has 2 rings (SSSR count). The van der Waals surface area contributed by atoms with Crippen LogP contribution in [0, 0.1) is 19.8 Å². The van der Waals surface area contributed by atoms with Crippen LogP contribution in [-0.4, -0.2) is 21.4 Å². The second kappa shape index (κ2) is 9.17. The normalized spacial score (nSPS) is 15.5. The highest BCUT2D eigenvalue weighted by atomic mass is 32.1. The second-order valence-electron chi connectivity index (χ2n) is 6.87. The van der Waals surface area contributed by atoms with E-state index in [0.29, 0.717) is 12.2 Å². The number of hydrogen-bond donors (Lipinski definition) is 3. The van der Waals surface area contributed by atoms with Crippen molar-refractivity contribution in [3.63, 3.8) is 0 Å². The Morgan fingerprint density at radius 1 is 1.23 bits per heavy atom. The SMILES string of the molecule is C=C[C@H]([C@H](O)CC/C(C)=C/c1cc(C)c(O)c(C)c1)[C@H](O)c1cccs1. The van der Waals surface area contributed by atoms with Crippen LogP contribution in [0.1, 0.15) is 47.4 Å². The smallest absolute Gasteiger partial charge is 0.121 e. The zero-order valence-corrected chi connectivity index (χ0v) is 16.5. The molecule has 0 saturated carbocycles. The van der Waals surface area contributed by atoms with Gasteiger partial charge >= 0.3 is 0 Å². The highest BCUT2D eigenvalue weighted by Gasteiger charge is 2.25. The largest absolute Gasteiger partial charge is 0.507 e. The zero-order valence-electron chi connectivity index (χ0n) is 15.6. The first-order valence-electron chi connectivity index (χ1n) is 8.83. The summed E-state index contributed by atoms with van der Waals surface area (Å²) in [5.41, 5.74) is 3.90. The number of thiophene rings is 1. The Bertz CT molecular complexity index is 739. The maximum absolute atomic E-state index is 10.5. The summed E-state index contributed by atoms with van der Waals surface area (Å²) in [4.78, 5) is 0.844. The molecule has 0 amide bonds. The zero-order chi connectivity index (χ0) is 19.3. The fraction of sp³-hybridized carbons (Fsp3) is 0.364. The lowest BCUT2D eigenvalue weighted by Gasteiger charge is -2.24. The topological polar surface area (TPSA) is 60.7 Å². The summed E-state index contributed by atoms with van der Waals surface area (Å²) in [6.45, 7) is 9.59. The van der Waals surface area contributed by atoms with Gasteiger partial charge in [0.1, 0.15) is 5.75 Å². The molecule has 3 atom stereocenters. The number of aliphatic hydroxyl groups excluding tert-OH is 2. The number of aliphatic hydroxyl groups is 2. The number of rotatable bonds is 8. The molecule has 0 bridgehead atoms. The van der Waals surface area contributed by atoms with Crippen molar-refractivity contribution in [1.82, 2.24) is 0 Å². The Balaban J connectivity index is 2.01. The molecule has 0 aliphatic heterocycles. The molecule has 0 spiro atoms. The summed E-state index contributed by atoms with van der Waals surface area (Å²) < 4.78 is 0. The molecule has 0 aliphatic rings. The van der Waals surface area contributed by atoms with Gasteiger partial charge in [-0.2, -0.15) is 0 Å². The van der Waals surface area contributed by atoms with Gasteiger partial charge in [0, 0.05) is 10.8 Å². The van der Waals surface area contributed by atoms with Crippen molar-refractivity contribution in [2.75, 3.05) is 0 Å². The minimum absolute atomic E-state index is 0.339. The summed E-state index contributed by atoms with van der Waals surface area (Å²) in [6.07, 6.45) is 3.61. The summed E-state index contributed by atoms with van der Waals surface area (Å²) in [7, 11) is 0. The third-order valence-corrected chi connectivity index (χ3v) is 5.62. The Labute approximate surface area is 160 Å². The van der Waals surface area contributed by atoms with E-state index >= 15 is 0 Å². The van der Waals surface area contributed by atoms with E-state index in [-0.39, 0.29) is 5.92 Å². The van der Waals surface area contributed by atoms with Gasteiger partial charge in [-0.3, -0.25) is 0 Å².